The van der Waals surface area contributed by atoms with E-state index in [1.807, 2.05) is 0 Å². The zero-order valence-electron chi connectivity index (χ0n) is 15.6. The van der Waals surface area contributed by atoms with Gasteiger partial charge in [-0.05, 0) is 54.4 Å². The molecule has 0 amide bonds. The molecule has 0 heteroatoms. The van der Waals surface area contributed by atoms with Gasteiger partial charge in [0.25, 0.3) is 0 Å². The lowest BCUT2D eigenvalue weighted by molar-refractivity contribution is 0.484. The molecule has 0 bridgehead atoms. The topological polar surface area (TPSA) is 0 Å². The third-order valence-corrected chi connectivity index (χ3v) is 5.01. The van der Waals surface area contributed by atoms with Crippen LogP contribution in [-0.4, -0.2) is 0 Å². The molecule has 0 spiro atoms. The summed E-state index contributed by atoms with van der Waals surface area (Å²) in [5.41, 5.74) is 6.54. The minimum atomic E-state index is 0.875. The number of allylic oxidation sites excluding steroid dienone is 1. The summed E-state index contributed by atoms with van der Waals surface area (Å²) < 4.78 is 0. The van der Waals surface area contributed by atoms with Gasteiger partial charge in [-0.3, -0.25) is 0 Å². The Balaban J connectivity index is 1.81. The third kappa shape index (κ3) is 6.00. The van der Waals surface area contributed by atoms with Gasteiger partial charge in [-0.1, -0.05) is 93.8 Å². The second kappa shape index (κ2) is 9.47. The van der Waals surface area contributed by atoms with E-state index in [4.69, 9.17) is 0 Å². The molecule has 128 valence electrons. The highest BCUT2D eigenvalue weighted by Crippen LogP contribution is 2.19. The van der Waals surface area contributed by atoms with Crippen LogP contribution in [0.3, 0.4) is 0 Å². The fourth-order valence-electron chi connectivity index (χ4n) is 2.99. The molecule has 0 nitrogen and oxygen atoms in total. The predicted octanol–water partition coefficient (Wildman–Crippen LogP) is 7.01. The van der Waals surface area contributed by atoms with Crippen LogP contribution in [0.2, 0.25) is 0 Å². The second-order valence-corrected chi connectivity index (χ2v) is 7.22. The van der Waals surface area contributed by atoms with Crippen LogP contribution < -0.4 is 0 Å². The van der Waals surface area contributed by atoms with Crippen LogP contribution in [0.4, 0.5) is 0 Å². The van der Waals surface area contributed by atoms with Crippen molar-refractivity contribution >= 4 is 5.57 Å². The molecule has 0 fully saturated rings. The Morgan fingerprint density at radius 1 is 0.917 bits per heavy atom. The van der Waals surface area contributed by atoms with Crippen molar-refractivity contribution in [3.8, 4) is 0 Å². The van der Waals surface area contributed by atoms with E-state index >= 15 is 0 Å². The Hall–Kier alpha value is -1.82. The quantitative estimate of drug-likeness (QED) is 0.436. The van der Waals surface area contributed by atoms with Crippen molar-refractivity contribution in [3.05, 3.63) is 77.4 Å². The minimum absolute atomic E-state index is 0.875. The van der Waals surface area contributed by atoms with Crippen LogP contribution in [0.15, 0.2) is 55.1 Å². The zero-order chi connectivity index (χ0) is 17.4. The monoisotopic (exact) mass is 320 g/mol. The molecule has 0 heterocycles. The van der Waals surface area contributed by atoms with Crippen molar-refractivity contribution in [3.63, 3.8) is 0 Å². The molecule has 0 aliphatic carbocycles. The summed E-state index contributed by atoms with van der Waals surface area (Å²) in [6.07, 6.45) is 7.46. The van der Waals surface area contributed by atoms with Crippen LogP contribution in [0.1, 0.15) is 61.8 Å². The molecule has 0 aromatic heterocycles. The Bertz CT molecular complexity index is 616. The largest absolute Gasteiger partial charge is 0.0949 e. The summed E-state index contributed by atoms with van der Waals surface area (Å²) >= 11 is 0. The van der Waals surface area contributed by atoms with E-state index in [2.05, 4.69) is 75.9 Å². The smallest absolute Gasteiger partial charge is 0.00257 e. The standard InChI is InChI=1S/C24H32/c1-5-19(2)8-6-7-9-22-12-14-23(15-13-22)18-21(4)24-16-10-20(3)11-17-24/h10-17,19H,4-9,18H2,1-3H3. The maximum Gasteiger partial charge on any atom is -0.00257 e. The summed E-state index contributed by atoms with van der Waals surface area (Å²) in [4.78, 5) is 0. The molecule has 0 aliphatic rings. The van der Waals surface area contributed by atoms with Crippen molar-refractivity contribution in [2.75, 3.05) is 0 Å². The molecule has 0 N–H and O–H groups in total. The lowest BCUT2D eigenvalue weighted by Crippen LogP contribution is -1.94. The molecule has 1 atom stereocenters. The highest BCUT2D eigenvalue weighted by Gasteiger charge is 2.02. The minimum Gasteiger partial charge on any atom is -0.0949 e. The normalized spacial score (nSPS) is 12.1. The highest BCUT2D eigenvalue weighted by molar-refractivity contribution is 5.65. The molecular weight excluding hydrogens is 288 g/mol. The van der Waals surface area contributed by atoms with Crippen molar-refractivity contribution in [2.45, 2.75) is 59.3 Å². The number of unbranched alkanes of at least 4 members (excludes halogenated alkanes) is 1. The Morgan fingerprint density at radius 3 is 2.17 bits per heavy atom. The summed E-state index contributed by atoms with van der Waals surface area (Å²) in [5, 5.41) is 0. The van der Waals surface area contributed by atoms with Gasteiger partial charge in [-0.15, -0.1) is 0 Å². The molecule has 0 saturated heterocycles. The van der Waals surface area contributed by atoms with E-state index < -0.39 is 0 Å². The third-order valence-electron chi connectivity index (χ3n) is 5.01. The first-order valence-corrected chi connectivity index (χ1v) is 9.41. The number of hydrogen-bond acceptors (Lipinski definition) is 0. The lowest BCUT2D eigenvalue weighted by atomic mass is 9.96. The molecule has 2 aromatic carbocycles. The fraction of sp³-hybridized carbons (Fsp3) is 0.417. The van der Waals surface area contributed by atoms with E-state index in [0.717, 1.165) is 12.3 Å². The fourth-order valence-corrected chi connectivity index (χ4v) is 2.99. The summed E-state index contributed by atoms with van der Waals surface area (Å²) in [6, 6.07) is 17.8. The molecule has 2 aromatic rings. The van der Waals surface area contributed by atoms with Crippen LogP contribution in [0.5, 0.6) is 0 Å². The average Bonchev–Trinajstić information content (AvgIpc) is 2.60. The number of hydrogen-bond donors (Lipinski definition) is 0. The van der Waals surface area contributed by atoms with Crippen molar-refractivity contribution in [1.82, 2.24) is 0 Å². The van der Waals surface area contributed by atoms with Gasteiger partial charge < -0.3 is 0 Å². The molecule has 1 unspecified atom stereocenters. The van der Waals surface area contributed by atoms with E-state index in [9.17, 15) is 0 Å². The lowest BCUT2D eigenvalue weighted by Gasteiger charge is -2.09. The van der Waals surface area contributed by atoms with Gasteiger partial charge in [0.1, 0.15) is 0 Å². The van der Waals surface area contributed by atoms with E-state index in [1.165, 1.54) is 59.9 Å². The van der Waals surface area contributed by atoms with Gasteiger partial charge in [-0.2, -0.15) is 0 Å². The first kappa shape index (κ1) is 18.5. The van der Waals surface area contributed by atoms with Gasteiger partial charge in [0.05, 0.1) is 0 Å². The van der Waals surface area contributed by atoms with E-state index in [0.29, 0.717) is 0 Å². The maximum absolute atomic E-state index is 4.26. The van der Waals surface area contributed by atoms with Gasteiger partial charge in [0.2, 0.25) is 0 Å². The van der Waals surface area contributed by atoms with Gasteiger partial charge in [0.15, 0.2) is 0 Å². The molecule has 0 saturated carbocycles. The van der Waals surface area contributed by atoms with Crippen LogP contribution in [-0.2, 0) is 12.8 Å². The summed E-state index contributed by atoms with van der Waals surface area (Å²) in [6.45, 7) is 11.0. The predicted molar refractivity (Wildman–Crippen MR) is 107 cm³/mol. The number of rotatable bonds is 9. The van der Waals surface area contributed by atoms with Crippen molar-refractivity contribution in [2.24, 2.45) is 5.92 Å². The average molecular weight is 321 g/mol. The number of benzene rings is 2. The maximum atomic E-state index is 4.26. The molecule has 2 rings (SSSR count). The van der Waals surface area contributed by atoms with Gasteiger partial charge in [-0.25, -0.2) is 0 Å². The molecule has 24 heavy (non-hydrogen) atoms. The SMILES string of the molecule is C=C(Cc1ccc(CCCCC(C)CC)cc1)c1ccc(C)cc1. The van der Waals surface area contributed by atoms with Crippen LogP contribution >= 0.6 is 0 Å². The summed E-state index contributed by atoms with van der Waals surface area (Å²) in [7, 11) is 0. The van der Waals surface area contributed by atoms with Crippen LogP contribution in [0, 0.1) is 12.8 Å². The molecule has 0 aliphatic heterocycles. The first-order chi connectivity index (χ1) is 11.6. The first-order valence-electron chi connectivity index (χ1n) is 9.41. The molecular formula is C24H32. The van der Waals surface area contributed by atoms with Crippen LogP contribution in [0.25, 0.3) is 5.57 Å². The number of aryl methyl sites for hydroxylation is 2. The van der Waals surface area contributed by atoms with E-state index in [-0.39, 0.29) is 0 Å². The zero-order valence-corrected chi connectivity index (χ0v) is 15.6. The van der Waals surface area contributed by atoms with Gasteiger partial charge >= 0.3 is 0 Å². The Kier molecular flexibility index (Phi) is 7.31. The Labute approximate surface area is 148 Å². The van der Waals surface area contributed by atoms with E-state index in [1.54, 1.807) is 0 Å². The second-order valence-electron chi connectivity index (χ2n) is 7.22. The molecule has 0 radical (unpaired) electrons. The highest BCUT2D eigenvalue weighted by atomic mass is 14.1. The van der Waals surface area contributed by atoms with Crippen molar-refractivity contribution < 1.29 is 0 Å². The Morgan fingerprint density at radius 2 is 1.54 bits per heavy atom. The van der Waals surface area contributed by atoms with Gasteiger partial charge in [0, 0.05) is 0 Å². The van der Waals surface area contributed by atoms with Crippen molar-refractivity contribution in [1.29, 1.82) is 0 Å². The summed E-state index contributed by atoms with van der Waals surface area (Å²) in [5.74, 6) is 0.875.